The summed E-state index contributed by atoms with van der Waals surface area (Å²) >= 11 is 1.55. The molecule has 2 heterocycles. The number of aryl methyl sites for hydroxylation is 1. The molecule has 0 spiro atoms. The molecule has 0 aliphatic heterocycles. The maximum Gasteiger partial charge on any atom is 0.269 e. The first-order chi connectivity index (χ1) is 15.6. The van der Waals surface area contributed by atoms with E-state index in [1.165, 1.54) is 12.1 Å². The molecule has 0 aliphatic rings. The summed E-state index contributed by atoms with van der Waals surface area (Å²) in [7, 11) is 0. The smallest absolute Gasteiger partial charge is 0.269 e. The predicted octanol–water partition coefficient (Wildman–Crippen LogP) is 5.04. The standard InChI is InChI=1S/C23H23N5O3S/c1-2-31-21-10-6-19(7-11-21)25-23-27(14-3-13-26-15-12-24-17-26)22(16-32-23)18-4-8-20(9-5-18)28(29)30/h4-12,15-17H,2-3,13-14H2,1H3. The topological polar surface area (TPSA) is 87.5 Å². The van der Waals surface area contributed by atoms with E-state index in [1.807, 2.05) is 47.3 Å². The predicted molar refractivity (Wildman–Crippen MR) is 124 cm³/mol. The van der Waals surface area contributed by atoms with Crippen LogP contribution in [0.15, 0.2) is 77.6 Å². The Morgan fingerprint density at radius 3 is 2.56 bits per heavy atom. The lowest BCUT2D eigenvalue weighted by molar-refractivity contribution is -0.384. The largest absolute Gasteiger partial charge is 0.494 e. The highest BCUT2D eigenvalue weighted by Gasteiger charge is 2.11. The van der Waals surface area contributed by atoms with Crippen molar-refractivity contribution in [2.45, 2.75) is 26.4 Å². The van der Waals surface area contributed by atoms with Gasteiger partial charge in [0.2, 0.25) is 0 Å². The fraction of sp³-hybridized carbons (Fsp3) is 0.217. The molecule has 0 radical (unpaired) electrons. The highest BCUT2D eigenvalue weighted by atomic mass is 32.1. The maximum atomic E-state index is 11.0. The Morgan fingerprint density at radius 1 is 1.12 bits per heavy atom. The number of benzene rings is 2. The van der Waals surface area contributed by atoms with Gasteiger partial charge in [-0.2, -0.15) is 0 Å². The summed E-state index contributed by atoms with van der Waals surface area (Å²) in [5.41, 5.74) is 2.83. The summed E-state index contributed by atoms with van der Waals surface area (Å²) in [5, 5.41) is 13.1. The molecule has 0 amide bonds. The van der Waals surface area contributed by atoms with Gasteiger partial charge in [0.1, 0.15) is 5.75 Å². The quantitative estimate of drug-likeness (QED) is 0.264. The van der Waals surface area contributed by atoms with E-state index in [1.54, 1.807) is 36.0 Å². The Morgan fingerprint density at radius 2 is 1.91 bits per heavy atom. The van der Waals surface area contributed by atoms with Gasteiger partial charge in [-0.05, 0) is 55.3 Å². The number of nitrogens with zero attached hydrogens (tertiary/aromatic N) is 5. The second-order valence-electron chi connectivity index (χ2n) is 7.05. The zero-order valence-electron chi connectivity index (χ0n) is 17.6. The second-order valence-corrected chi connectivity index (χ2v) is 7.89. The van der Waals surface area contributed by atoms with E-state index in [0.29, 0.717) is 6.61 Å². The van der Waals surface area contributed by atoms with Crippen molar-refractivity contribution in [3.63, 3.8) is 0 Å². The summed E-state index contributed by atoms with van der Waals surface area (Å²) in [5.74, 6) is 0.817. The first-order valence-electron chi connectivity index (χ1n) is 10.3. The van der Waals surface area contributed by atoms with Crippen LogP contribution in [0.5, 0.6) is 5.75 Å². The molecule has 0 N–H and O–H groups in total. The van der Waals surface area contributed by atoms with Crippen LogP contribution in [-0.4, -0.2) is 25.6 Å². The minimum Gasteiger partial charge on any atom is -0.494 e. The molecule has 8 nitrogen and oxygen atoms in total. The lowest BCUT2D eigenvalue weighted by Crippen LogP contribution is -2.17. The van der Waals surface area contributed by atoms with Gasteiger partial charge in [0.25, 0.3) is 5.69 Å². The number of nitro groups is 1. The molecule has 32 heavy (non-hydrogen) atoms. The fourth-order valence-corrected chi connectivity index (χ4v) is 4.30. The zero-order chi connectivity index (χ0) is 22.3. The van der Waals surface area contributed by atoms with Gasteiger partial charge in [-0.15, -0.1) is 11.3 Å². The molecule has 0 saturated heterocycles. The van der Waals surface area contributed by atoms with Gasteiger partial charge in [-0.25, -0.2) is 9.98 Å². The van der Waals surface area contributed by atoms with E-state index in [4.69, 9.17) is 9.73 Å². The van der Waals surface area contributed by atoms with Crippen molar-refractivity contribution in [1.29, 1.82) is 0 Å². The molecule has 0 saturated carbocycles. The number of thiazole rings is 1. The summed E-state index contributed by atoms with van der Waals surface area (Å²) in [6.45, 7) is 4.17. The molecule has 0 atom stereocenters. The minimum atomic E-state index is -0.386. The van der Waals surface area contributed by atoms with Crippen LogP contribution in [0.25, 0.3) is 11.3 Å². The van der Waals surface area contributed by atoms with E-state index < -0.39 is 0 Å². The number of hydrogen-bond acceptors (Lipinski definition) is 6. The lowest BCUT2D eigenvalue weighted by Gasteiger charge is -2.10. The second kappa shape index (κ2) is 10.1. The number of imidazole rings is 1. The average molecular weight is 450 g/mol. The Hall–Kier alpha value is -3.72. The molecule has 2 aromatic heterocycles. The third-order valence-electron chi connectivity index (χ3n) is 4.90. The molecule has 0 unspecified atom stereocenters. The lowest BCUT2D eigenvalue weighted by atomic mass is 10.1. The van der Waals surface area contributed by atoms with Crippen molar-refractivity contribution in [3.8, 4) is 17.0 Å². The van der Waals surface area contributed by atoms with E-state index in [0.717, 1.165) is 47.0 Å². The first-order valence-corrected chi connectivity index (χ1v) is 11.2. The zero-order valence-corrected chi connectivity index (χ0v) is 18.4. The molecule has 4 aromatic rings. The maximum absolute atomic E-state index is 11.0. The first kappa shape index (κ1) is 21.5. The van der Waals surface area contributed by atoms with Crippen molar-refractivity contribution in [2.24, 2.45) is 4.99 Å². The monoisotopic (exact) mass is 449 g/mol. The third kappa shape index (κ3) is 5.12. The van der Waals surface area contributed by atoms with Crippen LogP contribution in [0.1, 0.15) is 13.3 Å². The number of nitro benzene ring substituents is 1. The molecule has 164 valence electrons. The normalized spacial score (nSPS) is 11.6. The molecule has 0 fully saturated rings. The van der Waals surface area contributed by atoms with Crippen LogP contribution in [-0.2, 0) is 13.1 Å². The molecule has 0 bridgehead atoms. The van der Waals surface area contributed by atoms with Crippen LogP contribution >= 0.6 is 11.3 Å². The number of hydrogen-bond donors (Lipinski definition) is 0. The number of aromatic nitrogens is 3. The van der Waals surface area contributed by atoms with Gasteiger partial charge in [-0.1, -0.05) is 0 Å². The summed E-state index contributed by atoms with van der Waals surface area (Å²) in [6.07, 6.45) is 6.41. The number of ether oxygens (including phenoxy) is 1. The van der Waals surface area contributed by atoms with Crippen molar-refractivity contribution >= 4 is 22.7 Å². The van der Waals surface area contributed by atoms with Gasteiger partial charge in [0, 0.05) is 43.0 Å². The van der Waals surface area contributed by atoms with Crippen LogP contribution in [0, 0.1) is 10.1 Å². The van der Waals surface area contributed by atoms with Gasteiger partial charge >= 0.3 is 0 Å². The SMILES string of the molecule is CCOc1ccc(N=c2scc(-c3ccc([N+](=O)[O-])cc3)n2CCCn2ccnc2)cc1. The summed E-state index contributed by atoms with van der Waals surface area (Å²) in [6, 6.07) is 14.3. The highest BCUT2D eigenvalue weighted by Crippen LogP contribution is 2.24. The molecule has 0 aliphatic carbocycles. The Balaban J connectivity index is 1.66. The van der Waals surface area contributed by atoms with Gasteiger partial charge in [0.05, 0.1) is 29.2 Å². The van der Waals surface area contributed by atoms with Crippen LogP contribution < -0.4 is 9.54 Å². The van der Waals surface area contributed by atoms with Crippen molar-refractivity contribution < 1.29 is 9.66 Å². The van der Waals surface area contributed by atoms with Crippen molar-refractivity contribution in [1.82, 2.24) is 14.1 Å². The van der Waals surface area contributed by atoms with Gasteiger partial charge in [-0.3, -0.25) is 10.1 Å². The van der Waals surface area contributed by atoms with E-state index in [2.05, 4.69) is 9.55 Å². The molecule has 4 rings (SSSR count). The van der Waals surface area contributed by atoms with Gasteiger partial charge in [0.15, 0.2) is 4.80 Å². The number of rotatable bonds is 9. The Labute approximate surface area is 189 Å². The number of non-ortho nitro benzene ring substituents is 1. The third-order valence-corrected chi connectivity index (χ3v) is 5.76. The molecular formula is C23H23N5O3S. The van der Waals surface area contributed by atoms with E-state index in [9.17, 15) is 10.1 Å². The van der Waals surface area contributed by atoms with Crippen molar-refractivity contribution in [3.05, 3.63) is 87.5 Å². The fourth-order valence-electron chi connectivity index (χ4n) is 3.34. The summed E-state index contributed by atoms with van der Waals surface area (Å²) < 4.78 is 9.72. The average Bonchev–Trinajstić information content (AvgIpc) is 3.46. The highest BCUT2D eigenvalue weighted by molar-refractivity contribution is 7.07. The van der Waals surface area contributed by atoms with Crippen LogP contribution in [0.3, 0.4) is 0 Å². The molecule has 9 heteroatoms. The minimum absolute atomic E-state index is 0.0786. The van der Waals surface area contributed by atoms with Crippen molar-refractivity contribution in [2.75, 3.05) is 6.61 Å². The van der Waals surface area contributed by atoms with Crippen LogP contribution in [0.2, 0.25) is 0 Å². The summed E-state index contributed by atoms with van der Waals surface area (Å²) in [4.78, 5) is 20.4. The van der Waals surface area contributed by atoms with E-state index >= 15 is 0 Å². The Kier molecular flexibility index (Phi) is 6.76. The van der Waals surface area contributed by atoms with Gasteiger partial charge < -0.3 is 13.9 Å². The van der Waals surface area contributed by atoms with Crippen LogP contribution in [0.4, 0.5) is 11.4 Å². The Bertz CT molecular complexity index is 1230. The molecular weight excluding hydrogens is 426 g/mol. The van der Waals surface area contributed by atoms with E-state index in [-0.39, 0.29) is 10.6 Å². The molecule has 2 aromatic carbocycles.